The summed E-state index contributed by atoms with van der Waals surface area (Å²) in [5.41, 5.74) is 6.91. The molecule has 0 bridgehead atoms. The van der Waals surface area contributed by atoms with E-state index in [0.29, 0.717) is 18.4 Å². The SMILES string of the molecule is Nc1nc(Cl)cc(N2CCC[C@@H]2c2ccc3c(c2)OCCO3)n1. The molecule has 2 aliphatic rings. The quantitative estimate of drug-likeness (QED) is 0.852. The highest BCUT2D eigenvalue weighted by Gasteiger charge is 2.29. The molecule has 0 unspecified atom stereocenters. The second kappa shape index (κ2) is 5.77. The van der Waals surface area contributed by atoms with Crippen LogP contribution in [-0.4, -0.2) is 29.7 Å². The first-order chi connectivity index (χ1) is 11.2. The molecule has 0 aliphatic carbocycles. The maximum atomic E-state index is 6.02. The number of nitrogens with zero attached hydrogens (tertiary/aromatic N) is 3. The number of anilines is 2. The van der Waals surface area contributed by atoms with E-state index in [1.807, 2.05) is 6.07 Å². The van der Waals surface area contributed by atoms with Gasteiger partial charge >= 0.3 is 0 Å². The number of ether oxygens (including phenoxy) is 2. The molecule has 4 rings (SSSR count). The van der Waals surface area contributed by atoms with Gasteiger partial charge < -0.3 is 20.1 Å². The average molecular weight is 333 g/mol. The molecule has 0 radical (unpaired) electrons. The maximum absolute atomic E-state index is 6.02. The summed E-state index contributed by atoms with van der Waals surface area (Å²) in [4.78, 5) is 10.5. The van der Waals surface area contributed by atoms with Crippen molar-refractivity contribution in [2.45, 2.75) is 18.9 Å². The summed E-state index contributed by atoms with van der Waals surface area (Å²) in [6.07, 6.45) is 2.13. The van der Waals surface area contributed by atoms with E-state index in [1.165, 1.54) is 5.56 Å². The summed E-state index contributed by atoms with van der Waals surface area (Å²) in [6.45, 7) is 2.09. The fraction of sp³-hybridized carbons (Fsp3) is 0.375. The summed E-state index contributed by atoms with van der Waals surface area (Å²) in [5, 5.41) is 0.361. The summed E-state index contributed by atoms with van der Waals surface area (Å²) >= 11 is 6.02. The largest absolute Gasteiger partial charge is 0.486 e. The number of rotatable bonds is 2. The first-order valence-electron chi connectivity index (χ1n) is 7.67. The van der Waals surface area contributed by atoms with Gasteiger partial charge in [0.15, 0.2) is 11.5 Å². The number of fused-ring (bicyclic) bond motifs is 1. The first-order valence-corrected chi connectivity index (χ1v) is 8.05. The zero-order valence-corrected chi connectivity index (χ0v) is 13.3. The molecular formula is C16H17ClN4O2. The van der Waals surface area contributed by atoms with Crippen LogP contribution in [0.3, 0.4) is 0 Å². The number of aromatic nitrogens is 2. The number of hydrogen-bond acceptors (Lipinski definition) is 6. The maximum Gasteiger partial charge on any atom is 0.223 e. The van der Waals surface area contributed by atoms with Crippen LogP contribution in [0.1, 0.15) is 24.4 Å². The summed E-state index contributed by atoms with van der Waals surface area (Å²) < 4.78 is 11.3. The van der Waals surface area contributed by atoms with Gasteiger partial charge in [0.25, 0.3) is 0 Å². The number of nitrogen functional groups attached to an aromatic ring is 1. The molecule has 1 atom stereocenters. The zero-order chi connectivity index (χ0) is 15.8. The summed E-state index contributed by atoms with van der Waals surface area (Å²) in [5.74, 6) is 2.57. The molecule has 1 aromatic carbocycles. The third kappa shape index (κ3) is 2.74. The Morgan fingerprint density at radius 1 is 1.13 bits per heavy atom. The van der Waals surface area contributed by atoms with Crippen LogP contribution in [0, 0.1) is 0 Å². The van der Waals surface area contributed by atoms with Crippen molar-refractivity contribution in [1.82, 2.24) is 9.97 Å². The average Bonchev–Trinajstić information content (AvgIpc) is 3.03. The zero-order valence-electron chi connectivity index (χ0n) is 12.5. The van der Waals surface area contributed by atoms with Gasteiger partial charge in [0.05, 0.1) is 6.04 Å². The van der Waals surface area contributed by atoms with Crippen LogP contribution in [0.4, 0.5) is 11.8 Å². The van der Waals surface area contributed by atoms with Crippen molar-refractivity contribution in [2.75, 3.05) is 30.4 Å². The second-order valence-electron chi connectivity index (χ2n) is 5.66. The van der Waals surface area contributed by atoms with Crippen molar-refractivity contribution in [3.05, 3.63) is 35.0 Å². The smallest absolute Gasteiger partial charge is 0.223 e. The van der Waals surface area contributed by atoms with Gasteiger partial charge in [-0.05, 0) is 30.5 Å². The van der Waals surface area contributed by atoms with E-state index >= 15 is 0 Å². The van der Waals surface area contributed by atoms with Crippen LogP contribution in [0.5, 0.6) is 11.5 Å². The Hall–Kier alpha value is -2.21. The van der Waals surface area contributed by atoms with E-state index in [-0.39, 0.29) is 12.0 Å². The Morgan fingerprint density at radius 3 is 2.78 bits per heavy atom. The molecule has 23 heavy (non-hydrogen) atoms. The highest BCUT2D eigenvalue weighted by atomic mass is 35.5. The molecular weight excluding hydrogens is 316 g/mol. The molecule has 2 aliphatic heterocycles. The van der Waals surface area contributed by atoms with Gasteiger partial charge in [-0.25, -0.2) is 4.98 Å². The molecule has 120 valence electrons. The van der Waals surface area contributed by atoms with Crippen LogP contribution in [0.2, 0.25) is 5.15 Å². The lowest BCUT2D eigenvalue weighted by Gasteiger charge is -2.27. The lowest BCUT2D eigenvalue weighted by Crippen LogP contribution is -2.24. The summed E-state index contributed by atoms with van der Waals surface area (Å²) in [6, 6.07) is 8.10. The number of benzene rings is 1. The van der Waals surface area contributed by atoms with Crippen molar-refractivity contribution in [2.24, 2.45) is 0 Å². The van der Waals surface area contributed by atoms with E-state index in [1.54, 1.807) is 6.07 Å². The van der Waals surface area contributed by atoms with Crippen molar-refractivity contribution in [1.29, 1.82) is 0 Å². The molecule has 0 spiro atoms. The van der Waals surface area contributed by atoms with Crippen LogP contribution < -0.4 is 20.1 Å². The Kier molecular flexibility index (Phi) is 3.61. The van der Waals surface area contributed by atoms with Crippen molar-refractivity contribution < 1.29 is 9.47 Å². The number of nitrogens with two attached hydrogens (primary N) is 1. The first kappa shape index (κ1) is 14.4. The Labute approximate surface area is 139 Å². The highest BCUT2D eigenvalue weighted by Crippen LogP contribution is 2.40. The van der Waals surface area contributed by atoms with Crippen molar-refractivity contribution in [3.8, 4) is 11.5 Å². The molecule has 6 nitrogen and oxygen atoms in total. The normalized spacial score (nSPS) is 19.9. The lowest BCUT2D eigenvalue weighted by atomic mass is 10.0. The van der Waals surface area contributed by atoms with Gasteiger partial charge in [-0.1, -0.05) is 17.7 Å². The van der Waals surface area contributed by atoms with Crippen LogP contribution in [-0.2, 0) is 0 Å². The van der Waals surface area contributed by atoms with Gasteiger partial charge in [-0.15, -0.1) is 0 Å². The third-order valence-corrected chi connectivity index (χ3v) is 4.39. The lowest BCUT2D eigenvalue weighted by molar-refractivity contribution is 0.171. The molecule has 1 aromatic heterocycles. The Bertz CT molecular complexity index is 720. The molecule has 2 N–H and O–H groups in total. The molecule has 2 aromatic rings. The van der Waals surface area contributed by atoms with E-state index < -0.39 is 0 Å². The van der Waals surface area contributed by atoms with Crippen LogP contribution in [0.25, 0.3) is 0 Å². The van der Waals surface area contributed by atoms with E-state index in [2.05, 4.69) is 27.0 Å². The summed E-state index contributed by atoms with van der Waals surface area (Å²) in [7, 11) is 0. The minimum absolute atomic E-state index is 0.195. The minimum Gasteiger partial charge on any atom is -0.486 e. The fourth-order valence-electron chi connectivity index (χ4n) is 3.22. The Morgan fingerprint density at radius 2 is 1.96 bits per heavy atom. The molecule has 0 amide bonds. The predicted octanol–water partition coefficient (Wildman–Crippen LogP) is 2.82. The van der Waals surface area contributed by atoms with Gasteiger partial charge in [-0.3, -0.25) is 0 Å². The molecule has 0 saturated carbocycles. The van der Waals surface area contributed by atoms with E-state index in [4.69, 9.17) is 26.8 Å². The third-order valence-electron chi connectivity index (χ3n) is 4.20. The molecule has 1 saturated heterocycles. The molecule has 3 heterocycles. The fourth-order valence-corrected chi connectivity index (χ4v) is 3.41. The van der Waals surface area contributed by atoms with E-state index in [9.17, 15) is 0 Å². The Balaban J connectivity index is 1.67. The minimum atomic E-state index is 0.195. The van der Waals surface area contributed by atoms with Crippen LogP contribution >= 0.6 is 11.6 Å². The van der Waals surface area contributed by atoms with Gasteiger partial charge in [0.1, 0.15) is 24.2 Å². The second-order valence-corrected chi connectivity index (χ2v) is 6.05. The van der Waals surface area contributed by atoms with Gasteiger partial charge in [0, 0.05) is 12.6 Å². The standard InChI is InChI=1S/C16H17ClN4O2/c17-14-9-15(20-16(18)19-14)21-5-1-2-11(21)10-3-4-12-13(8-10)23-7-6-22-12/h3-4,8-9,11H,1-2,5-7H2,(H2,18,19,20)/t11-/m1/s1. The monoisotopic (exact) mass is 332 g/mol. The van der Waals surface area contributed by atoms with E-state index in [0.717, 1.165) is 36.7 Å². The van der Waals surface area contributed by atoms with Crippen molar-refractivity contribution >= 4 is 23.4 Å². The van der Waals surface area contributed by atoms with Gasteiger partial charge in [-0.2, -0.15) is 4.98 Å². The topological polar surface area (TPSA) is 73.5 Å². The number of halogens is 1. The van der Waals surface area contributed by atoms with Gasteiger partial charge in [0.2, 0.25) is 5.95 Å². The number of hydrogen-bond donors (Lipinski definition) is 1. The van der Waals surface area contributed by atoms with Crippen LogP contribution in [0.15, 0.2) is 24.3 Å². The van der Waals surface area contributed by atoms with Crippen molar-refractivity contribution in [3.63, 3.8) is 0 Å². The molecule has 1 fully saturated rings. The highest BCUT2D eigenvalue weighted by molar-refractivity contribution is 6.29. The predicted molar refractivity (Wildman–Crippen MR) is 88.2 cm³/mol. The molecule has 7 heteroatoms.